The zero-order valence-electron chi connectivity index (χ0n) is 13.9. The van der Waals surface area contributed by atoms with Crippen molar-refractivity contribution in [3.8, 4) is 5.75 Å². The number of ether oxygens (including phenoxy) is 1. The van der Waals surface area contributed by atoms with Crippen molar-refractivity contribution in [2.45, 2.75) is 19.8 Å². The molecule has 2 heterocycles. The van der Waals surface area contributed by atoms with E-state index in [9.17, 15) is 14.0 Å². The Morgan fingerprint density at radius 3 is 2.67 bits per heavy atom. The van der Waals surface area contributed by atoms with Crippen LogP contribution < -0.4 is 4.74 Å². The number of rotatable bonds is 4. The molecule has 3 rings (SSSR count). The lowest BCUT2D eigenvalue weighted by Gasteiger charge is -2.42. The third kappa shape index (κ3) is 3.68. The largest absolute Gasteiger partial charge is 0.481 e. The summed E-state index contributed by atoms with van der Waals surface area (Å²) >= 11 is 0. The monoisotopic (exact) mass is 334 g/mol. The summed E-state index contributed by atoms with van der Waals surface area (Å²) in [7, 11) is 0. The van der Waals surface area contributed by atoms with Crippen molar-refractivity contribution in [3.05, 3.63) is 30.1 Å². The van der Waals surface area contributed by atoms with E-state index in [-0.39, 0.29) is 30.1 Å². The Morgan fingerprint density at radius 2 is 1.96 bits per heavy atom. The van der Waals surface area contributed by atoms with Crippen LogP contribution in [0.5, 0.6) is 5.75 Å². The van der Waals surface area contributed by atoms with Gasteiger partial charge < -0.3 is 14.5 Å². The second kappa shape index (κ2) is 7.20. The van der Waals surface area contributed by atoms with Gasteiger partial charge in [0.05, 0.1) is 5.92 Å². The van der Waals surface area contributed by atoms with Gasteiger partial charge >= 0.3 is 0 Å². The number of amides is 2. The first kappa shape index (κ1) is 16.7. The molecular formula is C18H23FN2O3. The van der Waals surface area contributed by atoms with E-state index in [1.165, 1.54) is 18.6 Å². The van der Waals surface area contributed by atoms with Gasteiger partial charge in [-0.15, -0.1) is 0 Å². The van der Waals surface area contributed by atoms with Crippen molar-refractivity contribution >= 4 is 11.8 Å². The topological polar surface area (TPSA) is 49.9 Å². The number of para-hydroxylation sites is 1. The van der Waals surface area contributed by atoms with Crippen molar-refractivity contribution in [3.63, 3.8) is 0 Å². The Balaban J connectivity index is 1.43. The van der Waals surface area contributed by atoms with E-state index in [2.05, 4.69) is 6.92 Å². The summed E-state index contributed by atoms with van der Waals surface area (Å²) in [5.74, 6) is -0.0279. The van der Waals surface area contributed by atoms with E-state index in [4.69, 9.17) is 4.74 Å². The van der Waals surface area contributed by atoms with E-state index in [1.54, 1.807) is 17.0 Å². The molecule has 2 aliphatic heterocycles. The van der Waals surface area contributed by atoms with Gasteiger partial charge in [-0.2, -0.15) is 0 Å². The lowest BCUT2D eigenvalue weighted by molar-refractivity contribution is -0.150. The Labute approximate surface area is 141 Å². The molecule has 24 heavy (non-hydrogen) atoms. The first-order valence-corrected chi connectivity index (χ1v) is 8.48. The van der Waals surface area contributed by atoms with Gasteiger partial charge in [-0.1, -0.05) is 19.1 Å². The Bertz CT molecular complexity index is 616. The minimum Gasteiger partial charge on any atom is -0.481 e. The highest BCUT2D eigenvalue weighted by Crippen LogP contribution is 2.23. The zero-order chi connectivity index (χ0) is 17.1. The second-order valence-electron chi connectivity index (χ2n) is 6.75. The van der Waals surface area contributed by atoms with Crippen molar-refractivity contribution in [2.75, 3.05) is 32.8 Å². The van der Waals surface area contributed by atoms with Gasteiger partial charge in [-0.05, 0) is 30.9 Å². The van der Waals surface area contributed by atoms with Crippen LogP contribution in [-0.4, -0.2) is 54.4 Å². The predicted octanol–water partition coefficient (Wildman–Crippen LogP) is 1.92. The van der Waals surface area contributed by atoms with E-state index in [1.807, 2.05) is 4.90 Å². The van der Waals surface area contributed by atoms with E-state index in [0.29, 0.717) is 19.0 Å². The number of halogens is 1. The standard InChI is InChI=1S/C18H23FN2O3/c1-13-5-4-8-20(9-13)18(23)14-10-21(11-14)17(22)12-24-16-7-3-2-6-15(16)19/h2-3,6-7,13-14H,4-5,8-12H2,1H3. The Hall–Kier alpha value is -2.11. The first-order chi connectivity index (χ1) is 11.5. The van der Waals surface area contributed by atoms with Gasteiger partial charge in [0.1, 0.15) is 0 Å². The van der Waals surface area contributed by atoms with Crippen LogP contribution in [0.4, 0.5) is 4.39 Å². The number of benzene rings is 1. The number of nitrogens with zero attached hydrogens (tertiary/aromatic N) is 2. The summed E-state index contributed by atoms with van der Waals surface area (Å²) in [5.41, 5.74) is 0. The molecule has 1 atom stereocenters. The van der Waals surface area contributed by atoms with Gasteiger partial charge in [0.15, 0.2) is 18.2 Å². The van der Waals surface area contributed by atoms with Gasteiger partial charge in [-0.3, -0.25) is 9.59 Å². The average Bonchev–Trinajstić information content (AvgIpc) is 2.52. The summed E-state index contributed by atoms with van der Waals surface area (Å²) in [6.45, 7) is 4.47. The Morgan fingerprint density at radius 1 is 1.21 bits per heavy atom. The summed E-state index contributed by atoms with van der Waals surface area (Å²) in [4.78, 5) is 28.0. The summed E-state index contributed by atoms with van der Waals surface area (Å²) in [5, 5.41) is 0. The molecule has 0 N–H and O–H groups in total. The molecular weight excluding hydrogens is 311 g/mol. The maximum atomic E-state index is 13.4. The van der Waals surface area contributed by atoms with Gasteiger partial charge in [-0.25, -0.2) is 4.39 Å². The molecule has 0 aliphatic carbocycles. The molecule has 0 aromatic heterocycles. The zero-order valence-corrected chi connectivity index (χ0v) is 13.9. The molecule has 1 aromatic rings. The molecule has 2 aliphatic rings. The number of hydrogen-bond donors (Lipinski definition) is 0. The summed E-state index contributed by atoms with van der Waals surface area (Å²) in [6.07, 6.45) is 2.23. The Kier molecular flexibility index (Phi) is 5.02. The van der Waals surface area contributed by atoms with Crippen LogP contribution in [0, 0.1) is 17.7 Å². The fourth-order valence-corrected chi connectivity index (χ4v) is 3.28. The van der Waals surface area contributed by atoms with Crippen LogP contribution in [0.1, 0.15) is 19.8 Å². The van der Waals surface area contributed by atoms with Crippen LogP contribution in [0.2, 0.25) is 0 Å². The van der Waals surface area contributed by atoms with Crippen LogP contribution in [0.15, 0.2) is 24.3 Å². The maximum absolute atomic E-state index is 13.4. The van der Waals surface area contributed by atoms with E-state index < -0.39 is 5.82 Å². The smallest absolute Gasteiger partial charge is 0.260 e. The van der Waals surface area contributed by atoms with Crippen molar-refractivity contribution in [2.24, 2.45) is 11.8 Å². The third-order valence-corrected chi connectivity index (χ3v) is 4.74. The maximum Gasteiger partial charge on any atom is 0.260 e. The van der Waals surface area contributed by atoms with Crippen LogP contribution in [0.25, 0.3) is 0 Å². The molecule has 2 fully saturated rings. The van der Waals surface area contributed by atoms with Crippen molar-refractivity contribution in [1.29, 1.82) is 0 Å². The second-order valence-corrected chi connectivity index (χ2v) is 6.75. The number of carbonyl (C=O) groups is 2. The molecule has 6 heteroatoms. The number of hydrogen-bond acceptors (Lipinski definition) is 3. The number of carbonyl (C=O) groups excluding carboxylic acids is 2. The normalized spacial score (nSPS) is 21.3. The molecule has 0 spiro atoms. The predicted molar refractivity (Wildman–Crippen MR) is 86.9 cm³/mol. The van der Waals surface area contributed by atoms with E-state index in [0.717, 1.165) is 19.5 Å². The molecule has 5 nitrogen and oxygen atoms in total. The van der Waals surface area contributed by atoms with Crippen molar-refractivity contribution in [1.82, 2.24) is 9.80 Å². The van der Waals surface area contributed by atoms with Gasteiger partial charge in [0, 0.05) is 26.2 Å². The first-order valence-electron chi connectivity index (χ1n) is 8.48. The van der Waals surface area contributed by atoms with Gasteiger partial charge in [0.2, 0.25) is 5.91 Å². The quantitative estimate of drug-likeness (QED) is 0.845. The highest BCUT2D eigenvalue weighted by Gasteiger charge is 2.38. The van der Waals surface area contributed by atoms with Crippen LogP contribution in [0.3, 0.4) is 0 Å². The molecule has 130 valence electrons. The molecule has 2 saturated heterocycles. The van der Waals surface area contributed by atoms with E-state index >= 15 is 0 Å². The molecule has 0 bridgehead atoms. The lowest BCUT2D eigenvalue weighted by Crippen LogP contribution is -2.58. The highest BCUT2D eigenvalue weighted by atomic mass is 19.1. The fourth-order valence-electron chi connectivity index (χ4n) is 3.28. The summed E-state index contributed by atoms with van der Waals surface area (Å²) < 4.78 is 18.7. The molecule has 1 aromatic carbocycles. The minimum atomic E-state index is -0.485. The molecule has 2 amide bonds. The van der Waals surface area contributed by atoms with Crippen molar-refractivity contribution < 1.29 is 18.7 Å². The minimum absolute atomic E-state index is 0.0707. The molecule has 0 saturated carbocycles. The lowest BCUT2D eigenvalue weighted by atomic mass is 9.94. The highest BCUT2D eigenvalue weighted by molar-refractivity contribution is 5.85. The molecule has 1 unspecified atom stereocenters. The molecule has 0 radical (unpaired) electrons. The van der Waals surface area contributed by atoms with Crippen LogP contribution >= 0.6 is 0 Å². The summed E-state index contributed by atoms with van der Waals surface area (Å²) in [6, 6.07) is 6.00. The average molecular weight is 334 g/mol. The van der Waals surface area contributed by atoms with Crippen LogP contribution in [-0.2, 0) is 9.59 Å². The van der Waals surface area contributed by atoms with Gasteiger partial charge in [0.25, 0.3) is 5.91 Å². The third-order valence-electron chi connectivity index (χ3n) is 4.74. The SMILES string of the molecule is CC1CCCN(C(=O)C2CN(C(=O)COc3ccccc3F)C2)C1. The number of likely N-dealkylation sites (tertiary alicyclic amines) is 2. The fraction of sp³-hybridized carbons (Fsp3) is 0.556. The number of piperidine rings is 1.